The molecule has 0 aliphatic carbocycles. The van der Waals surface area contributed by atoms with Gasteiger partial charge in [-0.05, 0) is 31.5 Å². The van der Waals surface area contributed by atoms with Crippen molar-refractivity contribution >= 4 is 34.7 Å². The molecule has 0 saturated heterocycles. The minimum absolute atomic E-state index is 0.124. The molecule has 0 spiro atoms. The zero-order valence-electron chi connectivity index (χ0n) is 14.5. The second kappa shape index (κ2) is 8.82. The highest BCUT2D eigenvalue weighted by atomic mass is 32.2. The average molecular weight is 386 g/mol. The van der Waals surface area contributed by atoms with Crippen LogP contribution < -0.4 is 10.1 Å². The Morgan fingerprint density at radius 2 is 1.88 bits per heavy atom. The highest BCUT2D eigenvalue weighted by Gasteiger charge is 2.24. The number of rotatable bonds is 7. The Balaban J connectivity index is 1.85. The van der Waals surface area contributed by atoms with Crippen molar-refractivity contribution in [3.8, 4) is 5.75 Å². The molecular formula is C19H19N3O2S2. The van der Waals surface area contributed by atoms with Crippen LogP contribution >= 0.6 is 23.1 Å². The fourth-order valence-electron chi connectivity index (χ4n) is 2.38. The summed E-state index contributed by atoms with van der Waals surface area (Å²) < 4.78 is 6.37. The van der Waals surface area contributed by atoms with Crippen molar-refractivity contribution in [2.24, 2.45) is 0 Å². The normalized spacial score (nSPS) is 11.8. The van der Waals surface area contributed by atoms with Crippen molar-refractivity contribution in [1.29, 1.82) is 0 Å². The van der Waals surface area contributed by atoms with Gasteiger partial charge in [0.2, 0.25) is 5.91 Å². The minimum atomic E-state index is -0.432. The fraction of sp³-hybridized carbons (Fsp3) is 0.211. The van der Waals surface area contributed by atoms with E-state index in [2.05, 4.69) is 15.5 Å². The van der Waals surface area contributed by atoms with Crippen LogP contribution in [0.3, 0.4) is 0 Å². The van der Waals surface area contributed by atoms with Gasteiger partial charge < -0.3 is 10.1 Å². The molecule has 1 heterocycles. The first-order chi connectivity index (χ1) is 12.7. The molecule has 0 aliphatic heterocycles. The van der Waals surface area contributed by atoms with Crippen molar-refractivity contribution < 1.29 is 9.53 Å². The van der Waals surface area contributed by atoms with Crippen molar-refractivity contribution in [3.63, 3.8) is 0 Å². The van der Waals surface area contributed by atoms with E-state index in [1.807, 2.05) is 68.4 Å². The van der Waals surface area contributed by atoms with Crippen molar-refractivity contribution in [2.75, 3.05) is 11.9 Å². The van der Waals surface area contributed by atoms with E-state index in [0.29, 0.717) is 18.0 Å². The Hall–Kier alpha value is -2.38. The number of thioether (sulfide) groups is 1. The lowest BCUT2D eigenvalue weighted by molar-refractivity contribution is -0.115. The number of nitrogens with one attached hydrogen (secondary N) is 1. The molecule has 0 saturated carbocycles. The van der Waals surface area contributed by atoms with Gasteiger partial charge in [-0.1, -0.05) is 65.6 Å². The molecule has 134 valence electrons. The van der Waals surface area contributed by atoms with Gasteiger partial charge >= 0.3 is 0 Å². The number of aryl methyl sites for hydroxylation is 1. The summed E-state index contributed by atoms with van der Waals surface area (Å²) in [6.07, 6.45) is 0. The molecule has 1 aromatic heterocycles. The van der Waals surface area contributed by atoms with Gasteiger partial charge in [0, 0.05) is 0 Å². The summed E-state index contributed by atoms with van der Waals surface area (Å²) >= 11 is 2.88. The van der Waals surface area contributed by atoms with Gasteiger partial charge in [-0.25, -0.2) is 0 Å². The second-order valence-corrected chi connectivity index (χ2v) is 7.95. The van der Waals surface area contributed by atoms with Crippen molar-refractivity contribution in [1.82, 2.24) is 10.2 Å². The van der Waals surface area contributed by atoms with E-state index < -0.39 is 5.25 Å². The third kappa shape index (κ3) is 4.62. The molecule has 3 aromatic rings. The lowest BCUT2D eigenvalue weighted by atomic mass is 10.1. The number of nitrogens with zero attached hydrogens (tertiary/aromatic N) is 2. The summed E-state index contributed by atoms with van der Waals surface area (Å²) in [5.41, 5.74) is 1.58. The smallest absolute Gasteiger partial charge is 0.242 e. The number of amides is 1. The number of para-hydroxylation sites is 2. The molecule has 0 fully saturated rings. The van der Waals surface area contributed by atoms with E-state index in [0.717, 1.165) is 14.9 Å². The van der Waals surface area contributed by atoms with Crippen LogP contribution in [0.4, 0.5) is 5.69 Å². The Morgan fingerprint density at radius 3 is 2.58 bits per heavy atom. The standard InChI is InChI=1S/C19H19N3O2S2/c1-3-24-16-12-8-7-11-15(16)20-18(23)17(14-9-5-4-6-10-14)26-19-22-21-13(2)25-19/h4-12,17H,3H2,1-2H3,(H,20,23). The van der Waals surface area contributed by atoms with Crippen molar-refractivity contribution in [3.05, 3.63) is 65.2 Å². The number of hydrogen-bond acceptors (Lipinski definition) is 6. The number of ether oxygens (including phenoxy) is 1. The summed E-state index contributed by atoms with van der Waals surface area (Å²) in [4.78, 5) is 13.0. The lowest BCUT2D eigenvalue weighted by Gasteiger charge is -2.17. The van der Waals surface area contributed by atoms with Gasteiger partial charge in [0.25, 0.3) is 0 Å². The van der Waals surface area contributed by atoms with E-state index in [-0.39, 0.29) is 5.91 Å². The molecule has 26 heavy (non-hydrogen) atoms. The maximum absolute atomic E-state index is 13.0. The van der Waals surface area contributed by atoms with Crippen LogP contribution in [0.2, 0.25) is 0 Å². The topological polar surface area (TPSA) is 64.1 Å². The van der Waals surface area contributed by atoms with E-state index >= 15 is 0 Å². The molecule has 3 rings (SSSR count). The molecule has 1 N–H and O–H groups in total. The maximum Gasteiger partial charge on any atom is 0.242 e. The zero-order chi connectivity index (χ0) is 18.4. The zero-order valence-corrected chi connectivity index (χ0v) is 16.1. The number of carbonyl (C=O) groups is 1. The number of carbonyl (C=O) groups excluding carboxylic acids is 1. The molecule has 0 radical (unpaired) electrons. The SMILES string of the molecule is CCOc1ccccc1NC(=O)C(Sc1nnc(C)s1)c1ccccc1. The molecule has 5 nitrogen and oxygen atoms in total. The van der Waals surface area contributed by atoms with Crippen LogP contribution in [0, 0.1) is 6.92 Å². The van der Waals surface area contributed by atoms with Gasteiger partial charge in [-0.2, -0.15) is 0 Å². The predicted octanol–water partition coefficient (Wildman–Crippen LogP) is 4.72. The Morgan fingerprint density at radius 1 is 1.15 bits per heavy atom. The first-order valence-corrected chi connectivity index (χ1v) is 9.91. The van der Waals surface area contributed by atoms with Crippen LogP contribution in [0.5, 0.6) is 5.75 Å². The highest BCUT2D eigenvalue weighted by molar-refractivity contribution is 8.01. The van der Waals surface area contributed by atoms with Gasteiger partial charge in [0.15, 0.2) is 4.34 Å². The molecule has 7 heteroatoms. The molecule has 0 aliphatic rings. The predicted molar refractivity (Wildman–Crippen MR) is 106 cm³/mol. The minimum Gasteiger partial charge on any atom is -0.492 e. The van der Waals surface area contributed by atoms with Crippen LogP contribution in [-0.4, -0.2) is 22.7 Å². The number of aromatic nitrogens is 2. The van der Waals surface area contributed by atoms with E-state index in [9.17, 15) is 4.79 Å². The summed E-state index contributed by atoms with van der Waals surface area (Å²) in [5.74, 6) is 0.535. The van der Waals surface area contributed by atoms with Crippen LogP contribution in [-0.2, 0) is 4.79 Å². The summed E-state index contributed by atoms with van der Waals surface area (Å²) in [5, 5.41) is 11.6. The molecule has 2 aromatic carbocycles. The second-order valence-electron chi connectivity index (χ2n) is 5.41. The van der Waals surface area contributed by atoms with Gasteiger partial charge in [-0.15, -0.1) is 10.2 Å². The lowest BCUT2D eigenvalue weighted by Crippen LogP contribution is -2.19. The highest BCUT2D eigenvalue weighted by Crippen LogP contribution is 2.38. The fourth-order valence-corrected chi connectivity index (χ4v) is 4.38. The molecule has 0 bridgehead atoms. The maximum atomic E-state index is 13.0. The molecular weight excluding hydrogens is 366 g/mol. The van der Waals surface area contributed by atoms with Gasteiger partial charge in [0.05, 0.1) is 12.3 Å². The summed E-state index contributed by atoms with van der Waals surface area (Å²) in [6.45, 7) is 4.35. The monoisotopic (exact) mass is 385 g/mol. The average Bonchev–Trinajstić information content (AvgIpc) is 3.07. The first kappa shape index (κ1) is 18.4. The Bertz CT molecular complexity index is 868. The van der Waals surface area contributed by atoms with Gasteiger partial charge in [0.1, 0.15) is 16.0 Å². The van der Waals surface area contributed by atoms with Crippen LogP contribution in [0.15, 0.2) is 58.9 Å². The third-order valence-corrected chi connectivity index (χ3v) is 5.69. The van der Waals surface area contributed by atoms with Gasteiger partial charge in [-0.3, -0.25) is 4.79 Å². The third-order valence-electron chi connectivity index (χ3n) is 3.51. The van der Waals surface area contributed by atoms with E-state index in [4.69, 9.17) is 4.74 Å². The number of hydrogen-bond donors (Lipinski definition) is 1. The quantitative estimate of drug-likeness (QED) is 0.596. The summed E-state index contributed by atoms with van der Waals surface area (Å²) in [7, 11) is 0. The number of benzene rings is 2. The largest absolute Gasteiger partial charge is 0.492 e. The van der Waals surface area contributed by atoms with Crippen molar-refractivity contribution in [2.45, 2.75) is 23.4 Å². The van der Waals surface area contributed by atoms with E-state index in [1.54, 1.807) is 0 Å². The molecule has 1 atom stereocenters. The van der Waals surface area contributed by atoms with Crippen LogP contribution in [0.1, 0.15) is 22.7 Å². The number of anilines is 1. The van der Waals surface area contributed by atoms with E-state index in [1.165, 1.54) is 23.1 Å². The molecule has 1 unspecified atom stereocenters. The Labute approximate surface area is 160 Å². The Kier molecular flexibility index (Phi) is 6.25. The molecule has 1 amide bonds. The van der Waals surface area contributed by atoms with Crippen LogP contribution in [0.25, 0.3) is 0 Å². The summed E-state index contributed by atoms with van der Waals surface area (Å²) in [6, 6.07) is 17.1. The first-order valence-electron chi connectivity index (χ1n) is 8.21.